The van der Waals surface area contributed by atoms with E-state index in [0.29, 0.717) is 18.7 Å². The van der Waals surface area contributed by atoms with Crippen LogP contribution in [0.5, 0.6) is 0 Å². The molecular formula is C13H26N2O3S. The maximum Gasteiger partial charge on any atom is 0.326 e. The Labute approximate surface area is 119 Å². The zero-order valence-corrected chi connectivity index (χ0v) is 12.7. The molecule has 6 heteroatoms. The topological polar surface area (TPSA) is 78.4 Å². The van der Waals surface area contributed by atoms with Crippen molar-refractivity contribution >= 4 is 23.8 Å². The molecule has 5 nitrogen and oxygen atoms in total. The van der Waals surface area contributed by atoms with Crippen LogP contribution in [-0.4, -0.2) is 41.7 Å². The van der Waals surface area contributed by atoms with Crippen molar-refractivity contribution in [1.82, 2.24) is 10.6 Å². The van der Waals surface area contributed by atoms with Crippen molar-refractivity contribution in [2.75, 3.05) is 18.6 Å². The molecule has 1 atom stereocenters. The number of thioether (sulfide) groups is 1. The number of carbonyl (C=O) groups is 2. The number of carbonyl (C=O) groups excluding carboxylic acids is 1. The van der Waals surface area contributed by atoms with Crippen LogP contribution in [0.4, 0.5) is 4.79 Å². The molecule has 3 N–H and O–H groups in total. The molecule has 0 rings (SSSR count). The predicted molar refractivity (Wildman–Crippen MR) is 79.7 cm³/mol. The molecule has 1 unspecified atom stereocenters. The van der Waals surface area contributed by atoms with Crippen molar-refractivity contribution in [3.8, 4) is 0 Å². The van der Waals surface area contributed by atoms with Gasteiger partial charge in [0.1, 0.15) is 6.04 Å². The molecule has 19 heavy (non-hydrogen) atoms. The predicted octanol–water partition coefficient (Wildman–Crippen LogP) is 2.46. The molecule has 0 aromatic carbocycles. The van der Waals surface area contributed by atoms with Gasteiger partial charge in [-0.1, -0.05) is 32.6 Å². The van der Waals surface area contributed by atoms with Crippen LogP contribution >= 0.6 is 11.8 Å². The van der Waals surface area contributed by atoms with Crippen molar-refractivity contribution in [2.45, 2.75) is 51.5 Å². The number of hydrogen-bond donors (Lipinski definition) is 3. The minimum Gasteiger partial charge on any atom is -0.480 e. The third-order valence-electron chi connectivity index (χ3n) is 2.78. The molecule has 0 aliphatic heterocycles. The number of amides is 2. The van der Waals surface area contributed by atoms with Crippen LogP contribution in [0.25, 0.3) is 0 Å². The van der Waals surface area contributed by atoms with Crippen molar-refractivity contribution in [3.63, 3.8) is 0 Å². The van der Waals surface area contributed by atoms with Gasteiger partial charge in [0.2, 0.25) is 0 Å². The molecule has 0 radical (unpaired) electrons. The molecule has 0 aromatic rings. The smallest absolute Gasteiger partial charge is 0.326 e. The highest BCUT2D eigenvalue weighted by Crippen LogP contribution is 2.02. The van der Waals surface area contributed by atoms with Crippen LogP contribution < -0.4 is 10.6 Å². The third-order valence-corrected chi connectivity index (χ3v) is 3.42. The van der Waals surface area contributed by atoms with Crippen LogP contribution in [0.3, 0.4) is 0 Å². The lowest BCUT2D eigenvalue weighted by Gasteiger charge is -2.14. The maximum atomic E-state index is 11.5. The second kappa shape index (κ2) is 12.1. The molecule has 0 fully saturated rings. The first-order valence-corrected chi connectivity index (χ1v) is 8.27. The Morgan fingerprint density at radius 3 is 2.47 bits per heavy atom. The molecule has 0 aliphatic rings. The van der Waals surface area contributed by atoms with Crippen LogP contribution in [0, 0.1) is 0 Å². The first-order chi connectivity index (χ1) is 9.11. The normalized spacial score (nSPS) is 11.9. The Balaban J connectivity index is 3.71. The summed E-state index contributed by atoms with van der Waals surface area (Å²) < 4.78 is 0. The summed E-state index contributed by atoms with van der Waals surface area (Å²) in [5.41, 5.74) is 0. The Morgan fingerprint density at radius 2 is 1.89 bits per heavy atom. The Hall–Kier alpha value is -0.910. The lowest BCUT2D eigenvalue weighted by atomic mass is 10.1. The fraction of sp³-hybridized carbons (Fsp3) is 0.846. The minimum absolute atomic E-state index is 0.385. The highest BCUT2D eigenvalue weighted by molar-refractivity contribution is 7.98. The van der Waals surface area contributed by atoms with E-state index >= 15 is 0 Å². The molecule has 2 amide bonds. The Kier molecular flexibility index (Phi) is 11.6. The summed E-state index contributed by atoms with van der Waals surface area (Å²) >= 11 is 1.57. The Morgan fingerprint density at radius 1 is 1.21 bits per heavy atom. The molecule has 0 heterocycles. The van der Waals surface area contributed by atoms with Gasteiger partial charge in [-0.2, -0.15) is 11.8 Å². The molecule has 0 bridgehead atoms. The highest BCUT2D eigenvalue weighted by Gasteiger charge is 2.18. The second-order valence-corrected chi connectivity index (χ2v) is 5.47. The van der Waals surface area contributed by atoms with Gasteiger partial charge in [0, 0.05) is 6.54 Å². The zero-order valence-electron chi connectivity index (χ0n) is 11.9. The van der Waals surface area contributed by atoms with E-state index < -0.39 is 12.0 Å². The maximum absolute atomic E-state index is 11.5. The number of urea groups is 1. The summed E-state index contributed by atoms with van der Waals surface area (Å²) in [6.07, 6.45) is 8.01. The van der Waals surface area contributed by atoms with Crippen molar-refractivity contribution in [2.24, 2.45) is 0 Å². The lowest BCUT2D eigenvalue weighted by molar-refractivity contribution is -0.139. The zero-order chi connectivity index (χ0) is 14.5. The largest absolute Gasteiger partial charge is 0.480 e. The van der Waals surface area contributed by atoms with Gasteiger partial charge in [-0.3, -0.25) is 0 Å². The molecule has 112 valence electrons. The van der Waals surface area contributed by atoms with Crippen LogP contribution in [0.15, 0.2) is 0 Å². The molecule has 0 spiro atoms. The summed E-state index contributed by atoms with van der Waals surface area (Å²) in [5.74, 6) is -0.263. The van der Waals surface area contributed by atoms with E-state index in [0.717, 1.165) is 12.8 Å². The third kappa shape index (κ3) is 10.7. The number of carboxylic acids is 1. The summed E-state index contributed by atoms with van der Waals surface area (Å²) in [4.78, 5) is 22.5. The van der Waals surface area contributed by atoms with Gasteiger partial charge in [-0.15, -0.1) is 0 Å². The molecule has 0 aliphatic carbocycles. The monoisotopic (exact) mass is 290 g/mol. The molecule has 0 saturated carbocycles. The van der Waals surface area contributed by atoms with E-state index in [4.69, 9.17) is 5.11 Å². The standard InChI is InChI=1S/C13H26N2O3S/c1-3-4-5-6-7-9-14-13(18)15-11(12(16)17)8-10-19-2/h11H,3-10H2,1-2H3,(H,16,17)(H2,14,15,18). The van der Waals surface area contributed by atoms with Gasteiger partial charge in [-0.25, -0.2) is 9.59 Å². The summed E-state index contributed by atoms with van der Waals surface area (Å²) in [6, 6.07) is -1.18. The van der Waals surface area contributed by atoms with Crippen molar-refractivity contribution in [3.05, 3.63) is 0 Å². The van der Waals surface area contributed by atoms with Gasteiger partial charge in [0.05, 0.1) is 0 Å². The Bertz CT molecular complexity index is 262. The van der Waals surface area contributed by atoms with Gasteiger partial charge in [0.15, 0.2) is 0 Å². The molecule has 0 aromatic heterocycles. The second-order valence-electron chi connectivity index (χ2n) is 4.49. The van der Waals surface area contributed by atoms with Gasteiger partial charge in [-0.05, 0) is 24.9 Å². The van der Waals surface area contributed by atoms with Crippen LogP contribution in [0.2, 0.25) is 0 Å². The SMILES string of the molecule is CCCCCCCNC(=O)NC(CCSC)C(=O)O. The van der Waals surface area contributed by atoms with E-state index in [2.05, 4.69) is 17.6 Å². The van der Waals surface area contributed by atoms with Gasteiger partial charge in [0.25, 0.3) is 0 Å². The van der Waals surface area contributed by atoms with E-state index in [1.165, 1.54) is 19.3 Å². The summed E-state index contributed by atoms with van der Waals surface area (Å²) in [5, 5.41) is 14.2. The number of hydrogen-bond acceptors (Lipinski definition) is 3. The van der Waals surface area contributed by atoms with Gasteiger partial charge >= 0.3 is 12.0 Å². The number of aliphatic carboxylic acids is 1. The van der Waals surface area contributed by atoms with Gasteiger partial charge < -0.3 is 15.7 Å². The highest BCUT2D eigenvalue weighted by atomic mass is 32.2. The van der Waals surface area contributed by atoms with E-state index in [1.54, 1.807) is 11.8 Å². The van der Waals surface area contributed by atoms with E-state index in [1.807, 2.05) is 6.26 Å². The lowest BCUT2D eigenvalue weighted by Crippen LogP contribution is -2.46. The number of unbranched alkanes of at least 4 members (excludes halogenated alkanes) is 4. The quantitative estimate of drug-likeness (QED) is 0.511. The number of carboxylic acid groups (broad SMARTS) is 1. The van der Waals surface area contributed by atoms with Crippen molar-refractivity contribution in [1.29, 1.82) is 0 Å². The minimum atomic E-state index is -0.979. The van der Waals surface area contributed by atoms with Crippen molar-refractivity contribution < 1.29 is 14.7 Å². The first kappa shape index (κ1) is 18.1. The number of rotatable bonds is 11. The average molecular weight is 290 g/mol. The molecule has 0 saturated heterocycles. The summed E-state index contributed by atoms with van der Waals surface area (Å²) in [7, 11) is 0. The number of nitrogens with one attached hydrogen (secondary N) is 2. The first-order valence-electron chi connectivity index (χ1n) is 6.88. The van der Waals surface area contributed by atoms with Crippen LogP contribution in [0.1, 0.15) is 45.4 Å². The van der Waals surface area contributed by atoms with Crippen LogP contribution in [-0.2, 0) is 4.79 Å². The van der Waals surface area contributed by atoms with E-state index in [9.17, 15) is 9.59 Å². The summed E-state index contributed by atoms with van der Waals surface area (Å²) in [6.45, 7) is 2.76. The molecular weight excluding hydrogens is 264 g/mol. The fourth-order valence-corrected chi connectivity index (χ4v) is 2.10. The van der Waals surface area contributed by atoms with E-state index in [-0.39, 0.29) is 6.03 Å². The fourth-order valence-electron chi connectivity index (χ4n) is 1.63. The average Bonchev–Trinajstić information content (AvgIpc) is 2.38.